The minimum Gasteiger partial charge on any atom is -0.299 e. The molecule has 0 fully saturated rings. The van der Waals surface area contributed by atoms with Crippen LogP contribution in [0.5, 0.6) is 0 Å². The molecule has 1 atom stereocenters. The number of rotatable bonds is 5. The largest absolute Gasteiger partial charge is 0.299 e. The van der Waals surface area contributed by atoms with Crippen LogP contribution in [0.3, 0.4) is 0 Å². The zero-order valence-electron chi connectivity index (χ0n) is 10.3. The van der Waals surface area contributed by atoms with E-state index in [2.05, 4.69) is 46.8 Å². The normalized spacial score (nSPS) is 13.4. The molecule has 0 N–H and O–H groups in total. The third-order valence-corrected chi connectivity index (χ3v) is 3.21. The van der Waals surface area contributed by atoms with Crippen molar-refractivity contribution in [1.82, 2.24) is 14.7 Å². The molecule has 0 aromatic carbocycles. The average Bonchev–Trinajstić information content (AvgIpc) is 2.44. The topological polar surface area (TPSA) is 21.1 Å². The summed E-state index contributed by atoms with van der Waals surface area (Å²) in [7, 11) is 4.04. The Balaban J connectivity index is 2.76. The van der Waals surface area contributed by atoms with Gasteiger partial charge in [0.2, 0.25) is 0 Å². The fourth-order valence-electron chi connectivity index (χ4n) is 1.74. The molecule has 0 saturated carbocycles. The standard InChI is InChI=1S/C11H19BrClN3/c1-5-9-11(13)10(16(4)14-9)7-15(3)6-8(2)12/h8H,5-7H2,1-4H3. The second-order valence-corrected chi connectivity index (χ2v) is 6.10. The molecule has 1 rings (SSSR count). The van der Waals surface area contributed by atoms with Crippen molar-refractivity contribution in [3.8, 4) is 0 Å². The van der Waals surface area contributed by atoms with E-state index in [-0.39, 0.29) is 0 Å². The van der Waals surface area contributed by atoms with E-state index in [1.165, 1.54) is 0 Å². The summed E-state index contributed by atoms with van der Waals surface area (Å²) >= 11 is 9.84. The van der Waals surface area contributed by atoms with Crippen LogP contribution in [0.15, 0.2) is 0 Å². The van der Waals surface area contributed by atoms with Crippen molar-refractivity contribution in [2.24, 2.45) is 7.05 Å². The predicted octanol–water partition coefficient (Wildman–Crippen LogP) is 2.85. The van der Waals surface area contributed by atoms with E-state index in [1.54, 1.807) is 0 Å². The van der Waals surface area contributed by atoms with Crippen LogP contribution in [0, 0.1) is 0 Å². The lowest BCUT2D eigenvalue weighted by Gasteiger charge is -2.18. The van der Waals surface area contributed by atoms with Crippen molar-refractivity contribution in [2.45, 2.75) is 31.6 Å². The second-order valence-electron chi connectivity index (χ2n) is 4.16. The molecule has 0 aliphatic heterocycles. The molecular weight excluding hydrogens is 289 g/mol. The van der Waals surface area contributed by atoms with E-state index >= 15 is 0 Å². The summed E-state index contributed by atoms with van der Waals surface area (Å²) in [5, 5.41) is 5.23. The van der Waals surface area contributed by atoms with Crippen molar-refractivity contribution >= 4 is 27.5 Å². The van der Waals surface area contributed by atoms with E-state index in [4.69, 9.17) is 11.6 Å². The van der Waals surface area contributed by atoms with Gasteiger partial charge in [-0.2, -0.15) is 5.10 Å². The zero-order valence-corrected chi connectivity index (χ0v) is 12.6. The molecular formula is C11H19BrClN3. The highest BCUT2D eigenvalue weighted by molar-refractivity contribution is 9.09. The Morgan fingerprint density at radius 1 is 1.56 bits per heavy atom. The molecule has 1 unspecified atom stereocenters. The summed E-state index contributed by atoms with van der Waals surface area (Å²) in [4.78, 5) is 2.72. The molecule has 0 amide bonds. The number of alkyl halides is 1. The van der Waals surface area contributed by atoms with Crippen molar-refractivity contribution in [3.63, 3.8) is 0 Å². The van der Waals surface area contributed by atoms with Gasteiger partial charge in [0.25, 0.3) is 0 Å². The minimum absolute atomic E-state index is 0.482. The number of hydrogen-bond acceptors (Lipinski definition) is 2. The van der Waals surface area contributed by atoms with E-state index in [1.807, 2.05) is 11.7 Å². The van der Waals surface area contributed by atoms with Gasteiger partial charge in [-0.25, -0.2) is 0 Å². The summed E-state index contributed by atoms with van der Waals surface area (Å²) in [5.74, 6) is 0. The quantitative estimate of drug-likeness (QED) is 0.780. The SMILES string of the molecule is CCc1nn(C)c(CN(C)CC(C)Br)c1Cl. The molecule has 1 heterocycles. The molecule has 5 heteroatoms. The second kappa shape index (κ2) is 6.03. The summed E-state index contributed by atoms with van der Waals surface area (Å²) < 4.78 is 1.89. The van der Waals surface area contributed by atoms with Crippen LogP contribution in [-0.4, -0.2) is 33.1 Å². The Labute approximate surface area is 111 Å². The van der Waals surface area contributed by atoms with Gasteiger partial charge in [0.15, 0.2) is 0 Å². The lowest BCUT2D eigenvalue weighted by molar-refractivity contribution is 0.323. The Kier molecular flexibility index (Phi) is 5.28. The summed E-state index contributed by atoms with van der Waals surface area (Å²) in [6.45, 7) is 6.03. The molecule has 1 aromatic heterocycles. The van der Waals surface area contributed by atoms with Crippen LogP contribution in [0.1, 0.15) is 25.2 Å². The zero-order chi connectivity index (χ0) is 12.3. The number of aromatic nitrogens is 2. The molecule has 92 valence electrons. The smallest absolute Gasteiger partial charge is 0.0863 e. The van der Waals surface area contributed by atoms with Crippen LogP contribution in [-0.2, 0) is 20.0 Å². The van der Waals surface area contributed by atoms with Gasteiger partial charge in [0.1, 0.15) is 0 Å². The molecule has 0 saturated heterocycles. The van der Waals surface area contributed by atoms with E-state index in [9.17, 15) is 0 Å². The third-order valence-electron chi connectivity index (χ3n) is 2.49. The minimum atomic E-state index is 0.482. The fourth-order valence-corrected chi connectivity index (χ4v) is 2.59. The molecule has 3 nitrogen and oxygen atoms in total. The molecule has 0 aliphatic carbocycles. The van der Waals surface area contributed by atoms with E-state index in [0.717, 1.165) is 35.9 Å². The Morgan fingerprint density at radius 2 is 2.19 bits per heavy atom. The van der Waals surface area contributed by atoms with Gasteiger partial charge in [-0.05, 0) is 13.5 Å². The van der Waals surface area contributed by atoms with Crippen molar-refractivity contribution < 1.29 is 0 Å². The fraction of sp³-hybridized carbons (Fsp3) is 0.727. The van der Waals surface area contributed by atoms with Gasteiger partial charge in [-0.1, -0.05) is 41.4 Å². The van der Waals surface area contributed by atoms with Crippen LogP contribution in [0.4, 0.5) is 0 Å². The number of hydrogen-bond donors (Lipinski definition) is 0. The molecule has 0 aliphatic rings. The first-order valence-corrected chi connectivity index (χ1v) is 6.77. The van der Waals surface area contributed by atoms with Crippen LogP contribution in [0.2, 0.25) is 5.02 Å². The maximum absolute atomic E-state index is 6.29. The first-order chi connectivity index (χ1) is 7.45. The monoisotopic (exact) mass is 307 g/mol. The predicted molar refractivity (Wildman–Crippen MR) is 72.3 cm³/mol. The molecule has 0 radical (unpaired) electrons. The highest BCUT2D eigenvalue weighted by Gasteiger charge is 2.14. The van der Waals surface area contributed by atoms with Gasteiger partial charge in [-0.3, -0.25) is 9.58 Å². The van der Waals surface area contributed by atoms with Gasteiger partial charge in [0.05, 0.1) is 16.4 Å². The van der Waals surface area contributed by atoms with Gasteiger partial charge in [-0.15, -0.1) is 0 Å². The lowest BCUT2D eigenvalue weighted by Crippen LogP contribution is -2.25. The molecule has 0 bridgehead atoms. The van der Waals surface area contributed by atoms with Crippen molar-refractivity contribution in [2.75, 3.05) is 13.6 Å². The average molecular weight is 309 g/mol. The van der Waals surface area contributed by atoms with Crippen LogP contribution >= 0.6 is 27.5 Å². The van der Waals surface area contributed by atoms with Crippen molar-refractivity contribution in [1.29, 1.82) is 0 Å². The maximum Gasteiger partial charge on any atom is 0.0863 e. The van der Waals surface area contributed by atoms with E-state index < -0.39 is 0 Å². The maximum atomic E-state index is 6.29. The first-order valence-electron chi connectivity index (χ1n) is 5.48. The Hall–Kier alpha value is -0.0600. The van der Waals surface area contributed by atoms with Crippen molar-refractivity contribution in [3.05, 3.63) is 16.4 Å². The van der Waals surface area contributed by atoms with Crippen LogP contribution < -0.4 is 0 Å². The van der Waals surface area contributed by atoms with Gasteiger partial charge in [0, 0.05) is 25.0 Å². The molecule has 0 spiro atoms. The summed E-state index contributed by atoms with van der Waals surface area (Å²) in [6.07, 6.45) is 0.880. The number of halogens is 2. The highest BCUT2D eigenvalue weighted by Crippen LogP contribution is 2.22. The van der Waals surface area contributed by atoms with Crippen LogP contribution in [0.25, 0.3) is 0 Å². The van der Waals surface area contributed by atoms with Gasteiger partial charge >= 0.3 is 0 Å². The summed E-state index contributed by atoms with van der Waals surface area (Å²) in [6, 6.07) is 0. The lowest BCUT2D eigenvalue weighted by atomic mass is 10.3. The molecule has 1 aromatic rings. The van der Waals surface area contributed by atoms with E-state index in [0.29, 0.717) is 4.83 Å². The third kappa shape index (κ3) is 3.47. The van der Waals surface area contributed by atoms with Gasteiger partial charge < -0.3 is 0 Å². The summed E-state index contributed by atoms with van der Waals surface area (Å²) in [5.41, 5.74) is 2.08. The first kappa shape index (κ1) is 14.0. The Bertz CT molecular complexity index is 349. The number of aryl methyl sites for hydroxylation is 2. The highest BCUT2D eigenvalue weighted by atomic mass is 79.9. The molecule has 16 heavy (non-hydrogen) atoms. The number of nitrogens with zero attached hydrogens (tertiary/aromatic N) is 3. The Morgan fingerprint density at radius 3 is 2.62 bits per heavy atom.